The van der Waals surface area contributed by atoms with Crippen molar-refractivity contribution >= 4 is 29.4 Å². The van der Waals surface area contributed by atoms with Crippen LogP contribution in [-0.4, -0.2) is 170 Å². The molecule has 5 saturated heterocycles. The van der Waals surface area contributed by atoms with Crippen molar-refractivity contribution in [3.8, 4) is 0 Å². The van der Waals surface area contributed by atoms with Gasteiger partial charge < -0.3 is 72.3 Å². The molecule has 0 aliphatic carbocycles. The Morgan fingerprint density at radius 1 is 0.775 bits per heavy atom. The van der Waals surface area contributed by atoms with Crippen LogP contribution in [0.25, 0.3) is 0 Å². The first-order chi connectivity index (χ1) is 33.2. The Morgan fingerprint density at radius 2 is 1.44 bits per heavy atom. The fourth-order valence-electron chi connectivity index (χ4n) is 11.6. The van der Waals surface area contributed by atoms with Crippen molar-refractivity contribution in [2.24, 2.45) is 52.5 Å². The quantitative estimate of drug-likeness (QED) is 0.125. The number of Topliss-reactive ketones (excluding diaryl/α,β-unsaturated/α-hetero) is 1. The molecule has 0 aromatic carbocycles. The molecule has 0 amide bonds. The number of methoxy groups -OCH3 is 2. The minimum Gasteiger partial charge on any atom is -0.461 e. The lowest BCUT2D eigenvalue weighted by Gasteiger charge is -2.46. The SMILES string of the molecule is CON=C1C[C@@H](C)O[C@@H](O[C@@H]2[C@@H](C)[C@H](O[C@H]3C[C@@]4(C)OC(=O)C[C@H]4[C@H](C)O3)[C@@H](C)C(=O)O[C@H]([C@@H](C)CO[C@@H]3O[C@H](C)[C@@H](O)[C@@H](OC)[C@H]3OC)[C@H](C)[C@@H](OC(=O)CC(C)C)[C@@H](C)C(=O)[C@@](C)(O)C[C@@H]2C)[C@@H]1O. The summed E-state index contributed by atoms with van der Waals surface area (Å²) in [4.78, 5) is 61.4. The van der Waals surface area contributed by atoms with E-state index in [0.29, 0.717) is 0 Å². The van der Waals surface area contributed by atoms with Gasteiger partial charge in [-0.1, -0.05) is 53.6 Å². The van der Waals surface area contributed by atoms with Gasteiger partial charge in [-0.2, -0.15) is 0 Å². The van der Waals surface area contributed by atoms with E-state index < -0.39 is 150 Å². The van der Waals surface area contributed by atoms with Gasteiger partial charge in [0.25, 0.3) is 0 Å². The lowest BCUT2D eigenvalue weighted by molar-refractivity contribution is -0.305. The molecule has 23 atom stereocenters. The molecule has 408 valence electrons. The Balaban J connectivity index is 1.62. The van der Waals surface area contributed by atoms with E-state index in [-0.39, 0.29) is 62.2 Å². The Bertz CT molecular complexity index is 1830. The van der Waals surface area contributed by atoms with Gasteiger partial charge in [0.1, 0.15) is 54.9 Å². The zero-order chi connectivity index (χ0) is 53.0. The molecule has 5 aliphatic rings. The number of esters is 3. The highest BCUT2D eigenvalue weighted by molar-refractivity contribution is 5.90. The van der Waals surface area contributed by atoms with Crippen LogP contribution in [0.15, 0.2) is 5.16 Å². The summed E-state index contributed by atoms with van der Waals surface area (Å²) in [6, 6.07) is 0. The lowest BCUT2D eigenvalue weighted by Crippen LogP contribution is -2.59. The molecule has 5 aliphatic heterocycles. The summed E-state index contributed by atoms with van der Waals surface area (Å²) in [5.74, 6) is -7.93. The monoisotopic (exact) mass is 1020 g/mol. The van der Waals surface area contributed by atoms with Gasteiger partial charge in [0.2, 0.25) is 0 Å². The second-order valence-electron chi connectivity index (χ2n) is 22.0. The molecule has 0 saturated carbocycles. The van der Waals surface area contributed by atoms with Crippen molar-refractivity contribution in [3.05, 3.63) is 0 Å². The number of fused-ring (bicyclic) bond motifs is 1. The number of hydrogen-bond acceptors (Lipinski definition) is 20. The summed E-state index contributed by atoms with van der Waals surface area (Å²) in [5, 5.41) is 38.9. The fraction of sp³-hybridized carbons (Fsp3) is 0.902. The van der Waals surface area contributed by atoms with Crippen LogP contribution in [0, 0.1) is 47.3 Å². The number of nitrogens with zero attached hydrogens (tertiary/aromatic N) is 1. The van der Waals surface area contributed by atoms with Crippen LogP contribution in [-0.2, 0) is 76.1 Å². The zero-order valence-electron chi connectivity index (χ0n) is 44.8. The van der Waals surface area contributed by atoms with Gasteiger partial charge in [0, 0.05) is 57.2 Å². The van der Waals surface area contributed by atoms with Gasteiger partial charge in [-0.3, -0.25) is 19.2 Å². The topological polar surface area (TPSA) is 252 Å². The highest BCUT2D eigenvalue weighted by atomic mass is 16.7. The Kier molecular flexibility index (Phi) is 20.5. The fourth-order valence-corrected chi connectivity index (χ4v) is 11.6. The van der Waals surface area contributed by atoms with E-state index in [0.717, 1.165) is 0 Å². The standard InChI is InChI=1S/C51H85NO19/c1-23(2)17-35(53)67-42-28(7)41(25(4)22-63-49-45(61-15)44(60-14)38(55)32(11)66-49)69-47(58)30(9)43(68-37-21-51(13)33(31(10)65-37)19-36(54)71-51)27(6)40(24(3)20-50(12,59)46(57)29(42)8)70-48-39(56)34(52-62-16)18-26(5)64-48/h23-33,37-45,48-49,55-56,59H,17-22H2,1-16H3/t24-,25-,26+,27+,28-,29+,30+,31-,32+,33-,37-,38+,39+,40-,41+,42+,43-,44+,45+,48-,49+,50-,51+/m0/s1. The summed E-state index contributed by atoms with van der Waals surface area (Å²) in [6.45, 7) is 22.5. The molecule has 0 radical (unpaired) electrons. The summed E-state index contributed by atoms with van der Waals surface area (Å²) in [6.07, 6.45) is -13.0. The number of aliphatic hydroxyl groups is 3. The van der Waals surface area contributed by atoms with Crippen LogP contribution in [0.5, 0.6) is 0 Å². The molecule has 0 aromatic rings. The number of ether oxygens (including phenoxy) is 11. The van der Waals surface area contributed by atoms with Crippen molar-refractivity contribution in [2.45, 2.75) is 219 Å². The van der Waals surface area contributed by atoms with E-state index in [1.165, 1.54) is 28.3 Å². The predicted octanol–water partition coefficient (Wildman–Crippen LogP) is 4.27. The van der Waals surface area contributed by atoms with Crippen LogP contribution in [0.4, 0.5) is 0 Å². The largest absolute Gasteiger partial charge is 0.461 e. The van der Waals surface area contributed by atoms with Crippen molar-refractivity contribution in [2.75, 3.05) is 27.9 Å². The summed E-state index contributed by atoms with van der Waals surface area (Å²) >= 11 is 0. The van der Waals surface area contributed by atoms with Gasteiger partial charge >= 0.3 is 17.9 Å². The molecule has 5 heterocycles. The molecule has 71 heavy (non-hydrogen) atoms. The molecule has 0 unspecified atom stereocenters. The Morgan fingerprint density at radius 3 is 2.06 bits per heavy atom. The van der Waals surface area contributed by atoms with E-state index in [1.807, 2.05) is 27.7 Å². The Labute approximate surface area is 419 Å². The average Bonchev–Trinajstić information content (AvgIpc) is 3.61. The van der Waals surface area contributed by atoms with Crippen molar-refractivity contribution in [1.82, 2.24) is 0 Å². The van der Waals surface area contributed by atoms with Gasteiger partial charge in [0.05, 0.1) is 61.1 Å². The highest BCUT2D eigenvalue weighted by Gasteiger charge is 2.56. The first kappa shape index (κ1) is 59.0. The normalized spacial score (nSPS) is 45.1. The van der Waals surface area contributed by atoms with Crippen LogP contribution >= 0.6 is 0 Å². The molecule has 3 N–H and O–H groups in total. The summed E-state index contributed by atoms with van der Waals surface area (Å²) in [5.41, 5.74) is -2.70. The first-order valence-corrected chi connectivity index (χ1v) is 25.5. The Hall–Kier alpha value is -2.89. The molecule has 0 spiro atoms. The number of oxime groups is 1. The minimum atomic E-state index is -2.05. The lowest BCUT2D eigenvalue weighted by atomic mass is 9.74. The molecule has 20 heteroatoms. The number of carbonyl (C=O) groups is 4. The van der Waals surface area contributed by atoms with Gasteiger partial charge in [-0.25, -0.2) is 0 Å². The molecule has 5 rings (SSSR count). The maximum atomic E-state index is 15.2. The first-order valence-electron chi connectivity index (χ1n) is 25.5. The number of hydrogen-bond donors (Lipinski definition) is 3. The third kappa shape index (κ3) is 13.7. The molecular weight excluding hydrogens is 931 g/mol. The van der Waals surface area contributed by atoms with Crippen LogP contribution in [0.2, 0.25) is 0 Å². The maximum absolute atomic E-state index is 15.2. The van der Waals surface area contributed by atoms with E-state index in [1.54, 1.807) is 55.4 Å². The molecule has 0 aromatic heterocycles. The van der Waals surface area contributed by atoms with Crippen LogP contribution < -0.4 is 0 Å². The number of cyclic esters (lactones) is 1. The van der Waals surface area contributed by atoms with Crippen LogP contribution in [0.1, 0.15) is 122 Å². The molecule has 5 fully saturated rings. The maximum Gasteiger partial charge on any atom is 0.311 e. The van der Waals surface area contributed by atoms with E-state index in [2.05, 4.69) is 5.16 Å². The van der Waals surface area contributed by atoms with Gasteiger partial charge in [-0.15, -0.1) is 0 Å². The average molecular weight is 1020 g/mol. The number of ketones is 1. The summed E-state index contributed by atoms with van der Waals surface area (Å²) in [7, 11) is 4.26. The molecule has 20 nitrogen and oxygen atoms in total. The second kappa shape index (κ2) is 24.6. The second-order valence-corrected chi connectivity index (χ2v) is 22.0. The van der Waals surface area contributed by atoms with Crippen LogP contribution in [0.3, 0.4) is 0 Å². The number of aliphatic hydroxyl groups excluding tert-OH is 2. The number of carbonyl (C=O) groups excluding carboxylic acids is 4. The smallest absolute Gasteiger partial charge is 0.311 e. The van der Waals surface area contributed by atoms with E-state index in [9.17, 15) is 29.7 Å². The van der Waals surface area contributed by atoms with E-state index >= 15 is 4.79 Å². The van der Waals surface area contributed by atoms with Crippen molar-refractivity contribution in [1.29, 1.82) is 0 Å². The minimum absolute atomic E-state index is 0.0289. The van der Waals surface area contributed by atoms with Gasteiger partial charge in [0.15, 0.2) is 24.7 Å². The van der Waals surface area contributed by atoms with E-state index in [4.69, 9.17) is 56.9 Å². The molecule has 0 bridgehead atoms. The third-order valence-electron chi connectivity index (χ3n) is 15.4. The van der Waals surface area contributed by atoms with Gasteiger partial charge in [-0.05, 0) is 59.8 Å². The predicted molar refractivity (Wildman–Crippen MR) is 253 cm³/mol. The number of rotatable bonds is 14. The highest BCUT2D eigenvalue weighted by Crippen LogP contribution is 2.46. The van der Waals surface area contributed by atoms with Crippen molar-refractivity contribution in [3.63, 3.8) is 0 Å². The zero-order valence-corrected chi connectivity index (χ0v) is 44.8. The van der Waals surface area contributed by atoms with Crippen molar-refractivity contribution < 1.29 is 91.4 Å². The molecular formula is C51H85NO19. The summed E-state index contributed by atoms with van der Waals surface area (Å²) < 4.78 is 68.8. The third-order valence-corrected chi connectivity index (χ3v) is 15.4.